The lowest BCUT2D eigenvalue weighted by molar-refractivity contribution is -0.134. The lowest BCUT2D eigenvalue weighted by atomic mass is 10.1. The van der Waals surface area contributed by atoms with Gasteiger partial charge in [-0.3, -0.25) is 4.79 Å². The molecule has 0 aromatic heterocycles. The number of carbonyl (C=O) groups is 1. The summed E-state index contributed by atoms with van der Waals surface area (Å²) in [7, 11) is -3.80. The fraction of sp³-hybridized carbons (Fsp3) is 0.350. The van der Waals surface area contributed by atoms with Crippen molar-refractivity contribution in [3.8, 4) is 5.75 Å². The highest BCUT2D eigenvalue weighted by molar-refractivity contribution is 7.89. The Balaban J connectivity index is 1.57. The molecule has 0 spiro atoms. The van der Waals surface area contributed by atoms with E-state index < -0.39 is 15.8 Å². The Morgan fingerprint density at radius 2 is 1.76 bits per heavy atom. The summed E-state index contributed by atoms with van der Waals surface area (Å²) in [5.74, 6) is -0.259. The van der Waals surface area contributed by atoms with Crippen molar-refractivity contribution in [2.45, 2.75) is 18.7 Å². The smallest absolute Gasteiger partial charge is 0.260 e. The molecule has 1 aliphatic heterocycles. The van der Waals surface area contributed by atoms with Gasteiger partial charge in [-0.2, -0.15) is 4.31 Å². The van der Waals surface area contributed by atoms with Crippen LogP contribution < -0.4 is 4.74 Å². The molecule has 0 saturated carbocycles. The largest absolute Gasteiger partial charge is 0.484 e. The minimum Gasteiger partial charge on any atom is -0.484 e. The fourth-order valence-corrected chi connectivity index (χ4v) is 4.70. The molecule has 3 rings (SSSR count). The number of halogens is 2. The molecule has 29 heavy (non-hydrogen) atoms. The van der Waals surface area contributed by atoms with Gasteiger partial charge in [0.25, 0.3) is 5.91 Å². The maximum Gasteiger partial charge on any atom is 0.260 e. The zero-order valence-electron chi connectivity index (χ0n) is 16.2. The van der Waals surface area contributed by atoms with E-state index in [-0.39, 0.29) is 48.6 Å². The Kier molecular flexibility index (Phi) is 6.45. The van der Waals surface area contributed by atoms with Gasteiger partial charge in [0.1, 0.15) is 11.6 Å². The first kappa shape index (κ1) is 21.5. The van der Waals surface area contributed by atoms with Gasteiger partial charge in [-0.15, -0.1) is 0 Å². The van der Waals surface area contributed by atoms with Crippen molar-refractivity contribution in [1.82, 2.24) is 9.21 Å². The van der Waals surface area contributed by atoms with Gasteiger partial charge in [-0.25, -0.2) is 12.8 Å². The summed E-state index contributed by atoms with van der Waals surface area (Å²) in [5, 5.41) is -0.247. The molecule has 1 amide bonds. The van der Waals surface area contributed by atoms with Crippen LogP contribution in [0.3, 0.4) is 0 Å². The highest BCUT2D eigenvalue weighted by atomic mass is 35.5. The van der Waals surface area contributed by atoms with Crippen molar-refractivity contribution in [2.75, 3.05) is 32.8 Å². The third-order valence-corrected chi connectivity index (χ3v) is 7.15. The lowest BCUT2D eigenvalue weighted by Gasteiger charge is -2.34. The minimum absolute atomic E-state index is 0.0678. The molecular weight excluding hydrogens is 419 g/mol. The standard InChI is InChI=1S/C20H22ClFN2O4S/c1-14-3-4-16(11-15(14)2)28-13-20(25)23-7-9-24(10-8-23)29(26,27)17-5-6-19(22)18(21)12-17/h3-6,11-12H,7-10,13H2,1-2H3. The molecule has 6 nitrogen and oxygen atoms in total. The fourth-order valence-electron chi connectivity index (χ4n) is 3.00. The predicted octanol–water partition coefficient (Wildman–Crippen LogP) is 3.01. The van der Waals surface area contributed by atoms with Crippen molar-refractivity contribution in [2.24, 2.45) is 0 Å². The van der Waals surface area contributed by atoms with Crippen LogP contribution in [0.25, 0.3) is 0 Å². The van der Waals surface area contributed by atoms with Crippen molar-refractivity contribution < 1.29 is 22.3 Å². The summed E-state index contributed by atoms with van der Waals surface area (Å²) in [4.78, 5) is 13.9. The molecule has 156 valence electrons. The molecule has 1 aliphatic rings. The molecule has 0 bridgehead atoms. The van der Waals surface area contributed by atoms with Gasteiger partial charge < -0.3 is 9.64 Å². The van der Waals surface area contributed by atoms with E-state index >= 15 is 0 Å². The summed E-state index contributed by atoms with van der Waals surface area (Å²) in [6.45, 7) is 4.66. The number of nitrogens with zero attached hydrogens (tertiary/aromatic N) is 2. The number of amides is 1. The van der Waals surface area contributed by atoms with Crippen LogP contribution in [0.5, 0.6) is 5.75 Å². The zero-order chi connectivity index (χ0) is 21.2. The van der Waals surface area contributed by atoms with Gasteiger partial charge in [-0.1, -0.05) is 17.7 Å². The maximum atomic E-state index is 13.3. The lowest BCUT2D eigenvalue weighted by Crippen LogP contribution is -2.51. The highest BCUT2D eigenvalue weighted by Crippen LogP contribution is 2.23. The number of aryl methyl sites for hydroxylation is 2. The van der Waals surface area contributed by atoms with E-state index in [1.165, 1.54) is 10.4 Å². The molecule has 0 N–H and O–H groups in total. The van der Waals surface area contributed by atoms with Gasteiger partial charge in [0.05, 0.1) is 9.92 Å². The summed E-state index contributed by atoms with van der Waals surface area (Å²) < 4.78 is 45.6. The second kappa shape index (κ2) is 8.69. The van der Waals surface area contributed by atoms with Gasteiger partial charge in [0, 0.05) is 26.2 Å². The third kappa shape index (κ3) is 4.88. The van der Waals surface area contributed by atoms with E-state index in [1.807, 2.05) is 32.0 Å². The number of rotatable bonds is 5. The van der Waals surface area contributed by atoms with Crippen LogP contribution in [0.15, 0.2) is 41.3 Å². The van der Waals surface area contributed by atoms with E-state index in [4.69, 9.17) is 16.3 Å². The monoisotopic (exact) mass is 440 g/mol. The average Bonchev–Trinajstić information content (AvgIpc) is 2.70. The first-order chi connectivity index (χ1) is 13.7. The summed E-state index contributed by atoms with van der Waals surface area (Å²) in [6, 6.07) is 8.93. The van der Waals surface area contributed by atoms with Crippen molar-refractivity contribution in [3.63, 3.8) is 0 Å². The van der Waals surface area contributed by atoms with Crippen LogP contribution in [-0.4, -0.2) is 56.3 Å². The minimum atomic E-state index is -3.80. The topological polar surface area (TPSA) is 66.9 Å². The van der Waals surface area contributed by atoms with Gasteiger partial charge in [-0.05, 0) is 55.3 Å². The molecule has 2 aromatic rings. The SMILES string of the molecule is Cc1ccc(OCC(=O)N2CCN(S(=O)(=O)c3ccc(F)c(Cl)c3)CC2)cc1C. The maximum absolute atomic E-state index is 13.3. The zero-order valence-corrected chi connectivity index (χ0v) is 17.8. The summed E-state index contributed by atoms with van der Waals surface area (Å²) in [5.41, 5.74) is 2.22. The number of hydrogen-bond acceptors (Lipinski definition) is 4. The van der Waals surface area contributed by atoms with Gasteiger partial charge in [0.2, 0.25) is 10.0 Å². The van der Waals surface area contributed by atoms with Gasteiger partial charge in [0.15, 0.2) is 6.61 Å². The summed E-state index contributed by atoms with van der Waals surface area (Å²) >= 11 is 5.70. The molecule has 2 aromatic carbocycles. The Hall–Kier alpha value is -2.16. The number of hydrogen-bond donors (Lipinski definition) is 0. The number of ether oxygens (including phenoxy) is 1. The third-order valence-electron chi connectivity index (χ3n) is 4.96. The second-order valence-electron chi connectivity index (χ2n) is 6.90. The van der Waals surface area contributed by atoms with Crippen molar-refractivity contribution in [1.29, 1.82) is 0 Å². The van der Waals surface area contributed by atoms with Crippen LogP contribution >= 0.6 is 11.6 Å². The molecule has 0 atom stereocenters. The molecule has 9 heteroatoms. The Morgan fingerprint density at radius 3 is 2.38 bits per heavy atom. The van der Waals surface area contributed by atoms with Crippen LogP contribution in [-0.2, 0) is 14.8 Å². The summed E-state index contributed by atoms with van der Waals surface area (Å²) in [6.07, 6.45) is 0. The first-order valence-electron chi connectivity index (χ1n) is 9.11. The van der Waals surface area contributed by atoms with E-state index in [2.05, 4.69) is 0 Å². The van der Waals surface area contributed by atoms with E-state index in [0.29, 0.717) is 5.75 Å². The van der Waals surface area contributed by atoms with Gasteiger partial charge >= 0.3 is 0 Å². The highest BCUT2D eigenvalue weighted by Gasteiger charge is 2.30. The van der Waals surface area contributed by atoms with E-state index in [9.17, 15) is 17.6 Å². The van der Waals surface area contributed by atoms with Crippen LogP contribution in [0, 0.1) is 19.7 Å². The Labute approximate surface area is 174 Å². The quantitative estimate of drug-likeness (QED) is 0.716. The molecule has 0 radical (unpaired) electrons. The molecule has 1 heterocycles. The Morgan fingerprint density at radius 1 is 1.07 bits per heavy atom. The van der Waals surface area contributed by atoms with Crippen LogP contribution in [0.4, 0.5) is 4.39 Å². The molecular formula is C20H22ClFN2O4S. The van der Waals surface area contributed by atoms with Crippen molar-refractivity contribution >= 4 is 27.5 Å². The average molecular weight is 441 g/mol. The molecule has 1 fully saturated rings. The number of carbonyl (C=O) groups excluding carboxylic acids is 1. The number of piperazine rings is 1. The van der Waals surface area contributed by atoms with Crippen LogP contribution in [0.2, 0.25) is 5.02 Å². The second-order valence-corrected chi connectivity index (χ2v) is 9.24. The van der Waals surface area contributed by atoms with E-state index in [0.717, 1.165) is 23.3 Å². The number of benzene rings is 2. The first-order valence-corrected chi connectivity index (χ1v) is 10.9. The van der Waals surface area contributed by atoms with Crippen molar-refractivity contribution in [3.05, 3.63) is 58.4 Å². The molecule has 0 unspecified atom stereocenters. The Bertz CT molecular complexity index is 1020. The normalized spacial score (nSPS) is 15.4. The molecule has 0 aliphatic carbocycles. The molecule has 1 saturated heterocycles. The van der Waals surface area contributed by atoms with E-state index in [1.54, 1.807) is 4.90 Å². The van der Waals surface area contributed by atoms with Crippen LogP contribution in [0.1, 0.15) is 11.1 Å². The number of sulfonamides is 1. The predicted molar refractivity (Wildman–Crippen MR) is 108 cm³/mol.